The van der Waals surface area contributed by atoms with Crippen LogP contribution in [-0.2, 0) is 0 Å². The monoisotopic (exact) mass is 265 g/mol. The zero-order valence-electron chi connectivity index (χ0n) is 9.44. The number of para-hydroxylation sites is 1. The van der Waals surface area contributed by atoms with Gasteiger partial charge in [-0.1, -0.05) is 26.0 Å². The maximum atomic E-state index is 12.9. The van der Waals surface area contributed by atoms with Crippen molar-refractivity contribution in [2.75, 3.05) is 0 Å². The summed E-state index contributed by atoms with van der Waals surface area (Å²) in [6.45, 7) is 3.83. The molecular formula is C11H14ClF2NO2. The molecule has 0 radical (unpaired) electrons. The van der Waals surface area contributed by atoms with Gasteiger partial charge in [0.1, 0.15) is 0 Å². The Labute approximate surface area is 104 Å². The second-order valence-electron chi connectivity index (χ2n) is 4.11. The standard InChI is InChI=1S/C11H13F2NO2.ClH/c1-6(2)9(14)7-4-3-5-8-10(7)16-11(12,13)15-8;/h3-6,9H,14H2,1-2H3;1H. The molecule has 0 amide bonds. The molecule has 1 aliphatic rings. The molecule has 1 aliphatic heterocycles. The molecule has 0 saturated heterocycles. The lowest BCUT2D eigenvalue weighted by molar-refractivity contribution is -0.287. The first-order chi connectivity index (χ1) is 7.41. The van der Waals surface area contributed by atoms with E-state index in [4.69, 9.17) is 5.73 Å². The molecular weight excluding hydrogens is 252 g/mol. The van der Waals surface area contributed by atoms with Gasteiger partial charge in [0.2, 0.25) is 0 Å². The molecule has 2 rings (SSSR count). The van der Waals surface area contributed by atoms with Crippen LogP contribution in [0.4, 0.5) is 8.78 Å². The fourth-order valence-corrected chi connectivity index (χ4v) is 1.61. The molecule has 6 heteroatoms. The van der Waals surface area contributed by atoms with Crippen LogP contribution in [0, 0.1) is 5.92 Å². The number of nitrogens with two attached hydrogens (primary N) is 1. The average molecular weight is 266 g/mol. The Morgan fingerprint density at radius 3 is 2.47 bits per heavy atom. The molecule has 0 fully saturated rings. The zero-order chi connectivity index (χ0) is 11.9. The first kappa shape index (κ1) is 14.0. The van der Waals surface area contributed by atoms with Crippen LogP contribution in [0.1, 0.15) is 25.5 Å². The summed E-state index contributed by atoms with van der Waals surface area (Å²) >= 11 is 0. The lowest BCUT2D eigenvalue weighted by atomic mass is 9.96. The third-order valence-corrected chi connectivity index (χ3v) is 2.54. The van der Waals surface area contributed by atoms with Crippen LogP contribution in [0.5, 0.6) is 11.5 Å². The van der Waals surface area contributed by atoms with Gasteiger partial charge in [-0.3, -0.25) is 0 Å². The highest BCUT2D eigenvalue weighted by molar-refractivity contribution is 5.85. The molecule has 0 aliphatic carbocycles. The van der Waals surface area contributed by atoms with E-state index >= 15 is 0 Å². The fraction of sp³-hybridized carbons (Fsp3) is 0.455. The number of fused-ring (bicyclic) bond motifs is 1. The quantitative estimate of drug-likeness (QED) is 0.894. The molecule has 3 nitrogen and oxygen atoms in total. The molecule has 1 heterocycles. The Morgan fingerprint density at radius 2 is 1.88 bits per heavy atom. The van der Waals surface area contributed by atoms with Gasteiger partial charge in [0.15, 0.2) is 11.5 Å². The van der Waals surface area contributed by atoms with Crippen molar-refractivity contribution in [1.82, 2.24) is 0 Å². The van der Waals surface area contributed by atoms with E-state index in [9.17, 15) is 8.78 Å². The molecule has 1 aromatic carbocycles. The maximum Gasteiger partial charge on any atom is 0.586 e. The minimum atomic E-state index is -3.59. The lowest BCUT2D eigenvalue weighted by Gasteiger charge is -2.17. The predicted molar refractivity (Wildman–Crippen MR) is 61.7 cm³/mol. The second kappa shape index (κ2) is 4.66. The van der Waals surface area contributed by atoms with Gasteiger partial charge in [0.25, 0.3) is 0 Å². The van der Waals surface area contributed by atoms with Gasteiger partial charge in [-0.05, 0) is 12.0 Å². The summed E-state index contributed by atoms with van der Waals surface area (Å²) in [6.07, 6.45) is -3.59. The Morgan fingerprint density at radius 1 is 1.24 bits per heavy atom. The summed E-state index contributed by atoms with van der Waals surface area (Å²) in [4.78, 5) is 0. The highest BCUT2D eigenvalue weighted by atomic mass is 35.5. The molecule has 1 aromatic rings. The smallest absolute Gasteiger partial charge is 0.395 e. The maximum absolute atomic E-state index is 12.9. The molecule has 1 unspecified atom stereocenters. The summed E-state index contributed by atoms with van der Waals surface area (Å²) in [7, 11) is 0. The first-order valence-corrected chi connectivity index (χ1v) is 5.05. The molecule has 0 saturated carbocycles. The summed E-state index contributed by atoms with van der Waals surface area (Å²) in [6, 6.07) is 4.38. The van der Waals surface area contributed by atoms with Gasteiger partial charge in [0, 0.05) is 11.6 Å². The number of ether oxygens (including phenoxy) is 2. The highest BCUT2D eigenvalue weighted by Crippen LogP contribution is 2.45. The van der Waals surface area contributed by atoms with Gasteiger partial charge >= 0.3 is 6.29 Å². The Bertz CT molecular complexity index is 412. The van der Waals surface area contributed by atoms with E-state index in [0.717, 1.165) is 0 Å². The number of alkyl halides is 2. The van der Waals surface area contributed by atoms with Crippen molar-refractivity contribution in [3.05, 3.63) is 23.8 Å². The zero-order valence-corrected chi connectivity index (χ0v) is 10.3. The molecule has 0 bridgehead atoms. The molecule has 0 spiro atoms. The van der Waals surface area contributed by atoms with E-state index in [2.05, 4.69) is 9.47 Å². The summed E-state index contributed by atoms with van der Waals surface area (Å²) in [5.41, 5.74) is 6.46. The van der Waals surface area contributed by atoms with E-state index in [1.54, 1.807) is 12.1 Å². The van der Waals surface area contributed by atoms with Crippen LogP contribution in [0.15, 0.2) is 18.2 Å². The Hall–Kier alpha value is -1.07. The van der Waals surface area contributed by atoms with Crippen molar-refractivity contribution in [1.29, 1.82) is 0 Å². The Balaban J connectivity index is 0.00000144. The molecule has 96 valence electrons. The molecule has 17 heavy (non-hydrogen) atoms. The fourth-order valence-electron chi connectivity index (χ4n) is 1.61. The molecule has 2 N–H and O–H groups in total. The van der Waals surface area contributed by atoms with E-state index < -0.39 is 6.29 Å². The number of halogens is 3. The Kier molecular flexibility index (Phi) is 3.84. The minimum Gasteiger partial charge on any atom is -0.395 e. The first-order valence-electron chi connectivity index (χ1n) is 5.05. The summed E-state index contributed by atoms with van der Waals surface area (Å²) < 4.78 is 34.6. The lowest BCUT2D eigenvalue weighted by Crippen LogP contribution is -2.26. The van der Waals surface area contributed by atoms with Gasteiger partial charge in [-0.2, -0.15) is 0 Å². The highest BCUT2D eigenvalue weighted by Gasteiger charge is 2.45. The van der Waals surface area contributed by atoms with E-state index in [1.807, 2.05) is 13.8 Å². The van der Waals surface area contributed by atoms with Crippen molar-refractivity contribution in [3.8, 4) is 11.5 Å². The largest absolute Gasteiger partial charge is 0.586 e. The normalized spacial score (nSPS) is 17.8. The van der Waals surface area contributed by atoms with Crippen LogP contribution < -0.4 is 15.2 Å². The average Bonchev–Trinajstić information content (AvgIpc) is 2.49. The number of benzene rings is 1. The predicted octanol–water partition coefficient (Wildman–Crippen LogP) is 3.09. The van der Waals surface area contributed by atoms with Crippen molar-refractivity contribution < 1.29 is 18.3 Å². The van der Waals surface area contributed by atoms with Crippen LogP contribution in [0.2, 0.25) is 0 Å². The second-order valence-corrected chi connectivity index (χ2v) is 4.11. The molecule has 0 aromatic heterocycles. The minimum absolute atomic E-state index is 0. The van der Waals surface area contributed by atoms with Crippen LogP contribution >= 0.6 is 12.4 Å². The number of rotatable bonds is 2. The third kappa shape index (κ3) is 2.61. The van der Waals surface area contributed by atoms with Crippen LogP contribution in [-0.4, -0.2) is 6.29 Å². The van der Waals surface area contributed by atoms with Gasteiger partial charge in [-0.15, -0.1) is 21.2 Å². The number of hydrogen-bond donors (Lipinski definition) is 1. The van der Waals surface area contributed by atoms with Crippen molar-refractivity contribution >= 4 is 12.4 Å². The van der Waals surface area contributed by atoms with Crippen molar-refractivity contribution in [2.45, 2.75) is 26.2 Å². The van der Waals surface area contributed by atoms with Gasteiger partial charge in [0.05, 0.1) is 0 Å². The summed E-state index contributed by atoms with van der Waals surface area (Å²) in [5.74, 6) is 0.219. The SMILES string of the molecule is CC(C)C(N)c1cccc2c1OC(F)(F)O2.Cl. The topological polar surface area (TPSA) is 44.5 Å². The summed E-state index contributed by atoms with van der Waals surface area (Å²) in [5, 5.41) is 0. The van der Waals surface area contributed by atoms with Gasteiger partial charge in [-0.25, -0.2) is 0 Å². The van der Waals surface area contributed by atoms with E-state index in [1.165, 1.54) is 6.07 Å². The number of hydrogen-bond acceptors (Lipinski definition) is 3. The third-order valence-electron chi connectivity index (χ3n) is 2.54. The van der Waals surface area contributed by atoms with E-state index in [0.29, 0.717) is 5.56 Å². The molecule has 1 atom stereocenters. The van der Waals surface area contributed by atoms with Gasteiger partial charge < -0.3 is 15.2 Å². The van der Waals surface area contributed by atoms with Crippen LogP contribution in [0.25, 0.3) is 0 Å². The van der Waals surface area contributed by atoms with Crippen molar-refractivity contribution in [2.24, 2.45) is 11.7 Å². The van der Waals surface area contributed by atoms with Crippen LogP contribution in [0.3, 0.4) is 0 Å². The van der Waals surface area contributed by atoms with E-state index in [-0.39, 0.29) is 35.9 Å². The van der Waals surface area contributed by atoms with Crippen molar-refractivity contribution in [3.63, 3.8) is 0 Å².